The van der Waals surface area contributed by atoms with Gasteiger partial charge >= 0.3 is 0 Å². The molecule has 1 N–H and O–H groups in total. The summed E-state index contributed by atoms with van der Waals surface area (Å²) < 4.78 is 5.47. The van der Waals surface area contributed by atoms with Crippen LogP contribution in [0.2, 0.25) is 0 Å². The van der Waals surface area contributed by atoms with Gasteiger partial charge in [-0.1, -0.05) is 0 Å². The van der Waals surface area contributed by atoms with E-state index in [1.54, 1.807) is 7.11 Å². The van der Waals surface area contributed by atoms with E-state index in [1.165, 1.54) is 17.7 Å². The van der Waals surface area contributed by atoms with Crippen molar-refractivity contribution >= 4 is 5.69 Å². The molecule has 4 nitrogen and oxygen atoms in total. The van der Waals surface area contributed by atoms with Gasteiger partial charge in [-0.15, -0.1) is 0 Å². The molecule has 1 fully saturated rings. The van der Waals surface area contributed by atoms with Crippen LogP contribution in [0.15, 0.2) is 18.5 Å². The van der Waals surface area contributed by atoms with Gasteiger partial charge in [0.1, 0.15) is 0 Å². The molecule has 1 saturated heterocycles. The number of nitrogens with one attached hydrogen (secondary N) is 1. The number of methoxy groups -OCH3 is 1. The van der Waals surface area contributed by atoms with Gasteiger partial charge in [-0.3, -0.25) is 4.98 Å². The van der Waals surface area contributed by atoms with Crippen LogP contribution < -0.4 is 10.2 Å². The maximum Gasteiger partial charge on any atom is 0.0746 e. The number of anilines is 1. The Morgan fingerprint density at radius 2 is 2.47 bits per heavy atom. The van der Waals surface area contributed by atoms with Crippen molar-refractivity contribution in [2.45, 2.75) is 25.5 Å². The molecule has 94 valence electrons. The molecule has 1 aromatic rings. The molecule has 0 saturated carbocycles. The van der Waals surface area contributed by atoms with E-state index in [1.807, 2.05) is 19.4 Å². The zero-order chi connectivity index (χ0) is 12.1. The summed E-state index contributed by atoms with van der Waals surface area (Å²) in [4.78, 5) is 6.63. The summed E-state index contributed by atoms with van der Waals surface area (Å²) in [5.41, 5.74) is 2.54. The molecule has 1 unspecified atom stereocenters. The molecule has 17 heavy (non-hydrogen) atoms. The average molecular weight is 235 g/mol. The Bertz CT molecular complexity index is 356. The zero-order valence-electron chi connectivity index (χ0n) is 10.6. The Labute approximate surface area is 103 Å². The van der Waals surface area contributed by atoms with E-state index < -0.39 is 0 Å². The number of hydrogen-bond donors (Lipinski definition) is 1. The molecule has 0 spiro atoms. The van der Waals surface area contributed by atoms with Gasteiger partial charge in [0.05, 0.1) is 18.0 Å². The standard InChI is InChI=1S/C13H21N3O/c1-14-8-11-5-6-15-9-13(11)16-7-3-4-12(10-16)17-2/h5-6,9,12,14H,3-4,7-8,10H2,1-2H3. The molecule has 0 radical (unpaired) electrons. The number of piperidine rings is 1. The van der Waals surface area contributed by atoms with Crippen molar-refractivity contribution in [3.63, 3.8) is 0 Å². The number of hydrogen-bond acceptors (Lipinski definition) is 4. The fraction of sp³-hybridized carbons (Fsp3) is 0.615. The third-order valence-electron chi connectivity index (χ3n) is 3.31. The van der Waals surface area contributed by atoms with Crippen LogP contribution in [0.1, 0.15) is 18.4 Å². The molecule has 2 rings (SSSR count). The Morgan fingerprint density at radius 3 is 3.24 bits per heavy atom. The van der Waals surface area contributed by atoms with E-state index in [-0.39, 0.29) is 0 Å². The minimum Gasteiger partial charge on any atom is -0.380 e. The molecular weight excluding hydrogens is 214 g/mol. The van der Waals surface area contributed by atoms with Crippen LogP contribution >= 0.6 is 0 Å². The summed E-state index contributed by atoms with van der Waals surface area (Å²) >= 11 is 0. The number of rotatable bonds is 4. The summed E-state index contributed by atoms with van der Waals surface area (Å²) in [5, 5.41) is 3.20. The summed E-state index contributed by atoms with van der Waals surface area (Å²) in [6.45, 7) is 2.95. The van der Waals surface area contributed by atoms with Crippen molar-refractivity contribution < 1.29 is 4.74 Å². The van der Waals surface area contributed by atoms with Gasteiger partial charge in [-0.25, -0.2) is 0 Å². The predicted molar refractivity (Wildman–Crippen MR) is 69.2 cm³/mol. The first-order valence-electron chi connectivity index (χ1n) is 6.20. The van der Waals surface area contributed by atoms with Crippen molar-refractivity contribution in [2.75, 3.05) is 32.1 Å². The second kappa shape index (κ2) is 5.98. The van der Waals surface area contributed by atoms with Crippen molar-refractivity contribution in [3.05, 3.63) is 24.0 Å². The van der Waals surface area contributed by atoms with Gasteiger partial charge in [0.15, 0.2) is 0 Å². The van der Waals surface area contributed by atoms with Gasteiger partial charge in [0.25, 0.3) is 0 Å². The molecule has 1 aliphatic heterocycles. The van der Waals surface area contributed by atoms with Gasteiger partial charge in [-0.05, 0) is 31.5 Å². The van der Waals surface area contributed by atoms with E-state index in [4.69, 9.17) is 4.74 Å². The SMILES string of the molecule is CNCc1ccncc1N1CCCC(OC)C1. The maximum absolute atomic E-state index is 5.47. The van der Waals surface area contributed by atoms with Gasteiger partial charge in [0.2, 0.25) is 0 Å². The summed E-state index contributed by atoms with van der Waals surface area (Å²) in [5.74, 6) is 0. The maximum atomic E-state index is 5.47. The molecule has 0 aromatic carbocycles. The second-order valence-corrected chi connectivity index (χ2v) is 4.48. The molecule has 4 heteroatoms. The lowest BCUT2D eigenvalue weighted by Crippen LogP contribution is -2.39. The van der Waals surface area contributed by atoms with Crippen LogP contribution in [0.25, 0.3) is 0 Å². The first-order valence-corrected chi connectivity index (χ1v) is 6.20. The lowest BCUT2D eigenvalue weighted by atomic mass is 10.1. The first kappa shape index (κ1) is 12.3. The largest absolute Gasteiger partial charge is 0.380 e. The quantitative estimate of drug-likeness (QED) is 0.856. The number of ether oxygens (including phenoxy) is 1. The van der Waals surface area contributed by atoms with Crippen LogP contribution in [0.3, 0.4) is 0 Å². The van der Waals surface area contributed by atoms with E-state index in [0.29, 0.717) is 6.10 Å². The van der Waals surface area contributed by atoms with Crippen molar-refractivity contribution in [2.24, 2.45) is 0 Å². The topological polar surface area (TPSA) is 37.4 Å². The van der Waals surface area contributed by atoms with Crippen LogP contribution in [-0.2, 0) is 11.3 Å². The molecule has 0 bridgehead atoms. The fourth-order valence-electron chi connectivity index (χ4n) is 2.39. The van der Waals surface area contributed by atoms with Gasteiger partial charge < -0.3 is 15.0 Å². The van der Waals surface area contributed by atoms with Crippen LogP contribution in [-0.4, -0.2) is 38.3 Å². The minimum atomic E-state index is 0.353. The van der Waals surface area contributed by atoms with Gasteiger partial charge in [-0.2, -0.15) is 0 Å². The highest BCUT2D eigenvalue weighted by Crippen LogP contribution is 2.23. The highest BCUT2D eigenvalue weighted by Gasteiger charge is 2.21. The monoisotopic (exact) mass is 235 g/mol. The third-order valence-corrected chi connectivity index (χ3v) is 3.31. The molecule has 1 aromatic heterocycles. The summed E-state index contributed by atoms with van der Waals surface area (Å²) in [6.07, 6.45) is 6.52. The fourth-order valence-corrected chi connectivity index (χ4v) is 2.39. The Hall–Kier alpha value is -1.13. The third kappa shape index (κ3) is 2.96. The molecule has 0 amide bonds. The Morgan fingerprint density at radius 1 is 1.59 bits per heavy atom. The number of nitrogens with zero attached hydrogens (tertiary/aromatic N) is 2. The predicted octanol–water partition coefficient (Wildman–Crippen LogP) is 1.42. The molecular formula is C13H21N3O. The lowest BCUT2D eigenvalue weighted by Gasteiger charge is -2.34. The van der Waals surface area contributed by atoms with Gasteiger partial charge in [0, 0.05) is 32.9 Å². The average Bonchev–Trinajstić information content (AvgIpc) is 2.40. The van der Waals surface area contributed by atoms with Crippen molar-refractivity contribution in [1.82, 2.24) is 10.3 Å². The number of pyridine rings is 1. The van der Waals surface area contributed by atoms with E-state index in [0.717, 1.165) is 26.1 Å². The van der Waals surface area contributed by atoms with Crippen molar-refractivity contribution in [3.8, 4) is 0 Å². The van der Waals surface area contributed by atoms with E-state index in [2.05, 4.69) is 21.3 Å². The second-order valence-electron chi connectivity index (χ2n) is 4.48. The van der Waals surface area contributed by atoms with Crippen LogP contribution in [0.5, 0.6) is 0 Å². The molecule has 0 aliphatic carbocycles. The van der Waals surface area contributed by atoms with Crippen LogP contribution in [0, 0.1) is 0 Å². The highest BCUT2D eigenvalue weighted by molar-refractivity contribution is 5.52. The highest BCUT2D eigenvalue weighted by atomic mass is 16.5. The van der Waals surface area contributed by atoms with Crippen molar-refractivity contribution in [1.29, 1.82) is 0 Å². The first-order chi connectivity index (χ1) is 8.35. The lowest BCUT2D eigenvalue weighted by molar-refractivity contribution is 0.0893. The minimum absolute atomic E-state index is 0.353. The Kier molecular flexibility index (Phi) is 4.34. The van der Waals surface area contributed by atoms with Crippen LogP contribution in [0.4, 0.5) is 5.69 Å². The normalized spacial score (nSPS) is 20.6. The molecule has 1 atom stereocenters. The smallest absolute Gasteiger partial charge is 0.0746 e. The Balaban J connectivity index is 2.15. The zero-order valence-corrected chi connectivity index (χ0v) is 10.6. The summed E-state index contributed by atoms with van der Waals surface area (Å²) in [6, 6.07) is 2.09. The number of aromatic nitrogens is 1. The van der Waals surface area contributed by atoms with E-state index in [9.17, 15) is 0 Å². The summed E-state index contributed by atoms with van der Waals surface area (Å²) in [7, 11) is 3.77. The molecule has 2 heterocycles. The molecule has 1 aliphatic rings. The van der Waals surface area contributed by atoms with E-state index >= 15 is 0 Å².